The van der Waals surface area contributed by atoms with Crippen molar-refractivity contribution in [2.45, 2.75) is 120 Å². The number of aryl methyl sites for hydroxylation is 2. The Labute approximate surface area is 262 Å². The van der Waals surface area contributed by atoms with E-state index in [0.29, 0.717) is 24.2 Å². The zero-order valence-corrected chi connectivity index (χ0v) is 26.4. The summed E-state index contributed by atoms with van der Waals surface area (Å²) < 4.78 is 14.5. The number of aliphatic hydroxyl groups is 8. The van der Waals surface area contributed by atoms with Crippen molar-refractivity contribution in [3.63, 3.8) is 0 Å². The zero-order chi connectivity index (χ0) is 33.1. The third-order valence-corrected chi connectivity index (χ3v) is 9.53. The lowest BCUT2D eigenvalue weighted by atomic mass is 9.83. The Balaban J connectivity index is 1.33. The Morgan fingerprint density at radius 3 is 1.31 bits per heavy atom. The van der Waals surface area contributed by atoms with Crippen LogP contribution in [-0.2, 0) is 22.3 Å². The first-order valence-electron chi connectivity index (χ1n) is 15.6. The van der Waals surface area contributed by atoms with Gasteiger partial charge in [-0.1, -0.05) is 16.8 Å². The molecule has 0 aliphatic carbocycles. The van der Waals surface area contributed by atoms with Crippen LogP contribution in [0, 0.1) is 11.8 Å². The molecule has 0 saturated carbocycles. The molecule has 0 bridgehead atoms. The smallest absolute Gasteiger partial charge is 0.109 e. The number of rotatable bonds is 12. The van der Waals surface area contributed by atoms with Gasteiger partial charge in [0.2, 0.25) is 0 Å². The molecule has 2 fully saturated rings. The van der Waals surface area contributed by atoms with Crippen LogP contribution in [0.4, 0.5) is 0 Å². The molecule has 2 aliphatic heterocycles. The average Bonchev–Trinajstić information content (AvgIpc) is 3.61. The number of unbranched alkanes of at least 4 members (excludes halogenated alkanes) is 2. The van der Waals surface area contributed by atoms with Gasteiger partial charge in [-0.2, -0.15) is 0 Å². The first kappa shape index (κ1) is 35.7. The van der Waals surface area contributed by atoms with Crippen molar-refractivity contribution >= 4 is 0 Å². The monoisotopic (exact) mass is 642 g/mol. The number of aliphatic hydroxyl groups excluding tert-OH is 8. The summed E-state index contributed by atoms with van der Waals surface area (Å²) >= 11 is 0. The molecule has 4 heterocycles. The molecule has 0 radical (unpaired) electrons. The highest BCUT2D eigenvalue weighted by Crippen LogP contribution is 2.39. The third-order valence-electron chi connectivity index (χ3n) is 9.53. The van der Waals surface area contributed by atoms with Gasteiger partial charge >= 0.3 is 0 Å². The van der Waals surface area contributed by atoms with Gasteiger partial charge in [-0.25, -0.2) is 9.36 Å². The number of ether oxygens (including phenoxy) is 2. The number of nitrogens with zero attached hydrogens (tertiary/aromatic N) is 6. The van der Waals surface area contributed by atoms with E-state index in [1.165, 1.54) is 9.36 Å². The number of hydrogen-bond acceptors (Lipinski definition) is 14. The maximum absolute atomic E-state index is 11.1. The van der Waals surface area contributed by atoms with E-state index in [0.717, 1.165) is 19.3 Å². The Hall–Kier alpha value is -2.12. The van der Waals surface area contributed by atoms with Crippen molar-refractivity contribution in [2.24, 2.45) is 11.8 Å². The van der Waals surface area contributed by atoms with Crippen LogP contribution < -0.4 is 0 Å². The van der Waals surface area contributed by atoms with Crippen LogP contribution in [0.2, 0.25) is 0 Å². The Morgan fingerprint density at radius 2 is 0.978 bits per heavy atom. The van der Waals surface area contributed by atoms with Crippen LogP contribution in [-0.4, -0.2) is 145 Å². The summed E-state index contributed by atoms with van der Waals surface area (Å²) in [5, 5.41) is 100. The predicted molar refractivity (Wildman–Crippen MR) is 157 cm³/mol. The number of hydrogen-bond donors (Lipinski definition) is 8. The molecule has 256 valence electrons. The largest absolute Gasteiger partial charge is 0.396 e. The highest BCUT2D eigenvalue weighted by Gasteiger charge is 2.51. The van der Waals surface area contributed by atoms with E-state index in [1.54, 1.807) is 40.1 Å². The van der Waals surface area contributed by atoms with Crippen LogP contribution >= 0.6 is 0 Å². The first-order chi connectivity index (χ1) is 21.3. The quantitative estimate of drug-likeness (QED) is 0.116. The highest BCUT2D eigenvalue weighted by atomic mass is 16.5. The normalized spacial score (nSPS) is 35.2. The summed E-state index contributed by atoms with van der Waals surface area (Å²) in [6.07, 6.45) is -0.138. The fourth-order valence-corrected chi connectivity index (χ4v) is 6.75. The molecule has 2 aliphatic rings. The lowest BCUT2D eigenvalue weighted by Crippen LogP contribution is -2.45. The summed E-state index contributed by atoms with van der Waals surface area (Å²) in [6, 6.07) is -1.96. The summed E-state index contributed by atoms with van der Waals surface area (Å²) in [4.78, 5) is 0. The Morgan fingerprint density at radius 1 is 0.600 bits per heavy atom. The minimum Gasteiger partial charge on any atom is -0.396 e. The summed E-state index contributed by atoms with van der Waals surface area (Å²) in [6.45, 7) is 5.07. The highest BCUT2D eigenvalue weighted by molar-refractivity contribution is 5.04. The molecule has 4 rings (SSSR count). The fourth-order valence-electron chi connectivity index (χ4n) is 6.75. The molecule has 16 nitrogen and oxygen atoms in total. The third kappa shape index (κ3) is 7.56. The molecule has 10 atom stereocenters. The minimum atomic E-state index is -1.29. The molecule has 45 heavy (non-hydrogen) atoms. The molecule has 16 heteroatoms. The second-order valence-corrected chi connectivity index (χ2v) is 13.3. The summed E-state index contributed by atoms with van der Waals surface area (Å²) in [7, 11) is 0. The van der Waals surface area contributed by atoms with Gasteiger partial charge < -0.3 is 50.3 Å². The van der Waals surface area contributed by atoms with Crippen LogP contribution in [0.25, 0.3) is 0 Å². The van der Waals surface area contributed by atoms with E-state index in [-0.39, 0.29) is 13.2 Å². The standard InChI is InChI=1S/C29H50N6O10/c1-28(2)18(12-36)24(40)22(26(42)20(14-38)44-28)34-10-16(30-32-34)8-6-5-7-9-17-11-35(33-31-17)23-25(41)19(13-37)29(3,4)45-21(15-39)27(23)43/h10-11,18-27,36-43H,5-9,12-15H2,1-4H3/t18-,19-,20-,21-,22+,23+,24-,25-,26+,27+/m0/s1. The van der Waals surface area contributed by atoms with E-state index in [9.17, 15) is 40.9 Å². The lowest BCUT2D eigenvalue weighted by molar-refractivity contribution is -0.151. The van der Waals surface area contributed by atoms with Gasteiger partial charge in [-0.15, -0.1) is 10.2 Å². The van der Waals surface area contributed by atoms with Crippen LogP contribution in [0.1, 0.15) is 70.4 Å². The molecule has 2 aromatic rings. The van der Waals surface area contributed by atoms with Crippen molar-refractivity contribution in [2.75, 3.05) is 26.4 Å². The lowest BCUT2D eigenvalue weighted by Gasteiger charge is -2.35. The fraction of sp³-hybridized carbons (Fsp3) is 0.862. The van der Waals surface area contributed by atoms with E-state index in [1.807, 2.05) is 0 Å². The second-order valence-electron chi connectivity index (χ2n) is 13.3. The second kappa shape index (κ2) is 14.8. The first-order valence-corrected chi connectivity index (χ1v) is 15.6. The molecule has 8 N–H and O–H groups in total. The molecule has 0 unspecified atom stereocenters. The van der Waals surface area contributed by atoms with Gasteiger partial charge in [0.05, 0.1) is 61.2 Å². The molecular formula is C29H50N6O10. The average molecular weight is 643 g/mol. The van der Waals surface area contributed by atoms with Gasteiger partial charge in [0, 0.05) is 24.2 Å². The summed E-state index contributed by atoms with van der Waals surface area (Å²) in [5.74, 6) is -1.47. The van der Waals surface area contributed by atoms with Crippen molar-refractivity contribution in [3.8, 4) is 0 Å². The van der Waals surface area contributed by atoms with Crippen molar-refractivity contribution in [1.82, 2.24) is 30.0 Å². The predicted octanol–water partition coefficient (Wildman–Crippen LogP) is -2.09. The molecular weight excluding hydrogens is 592 g/mol. The van der Waals surface area contributed by atoms with Crippen LogP contribution in [0.3, 0.4) is 0 Å². The van der Waals surface area contributed by atoms with Crippen LogP contribution in [0.5, 0.6) is 0 Å². The Bertz CT molecular complexity index is 1120. The van der Waals surface area contributed by atoms with Crippen molar-refractivity contribution in [3.05, 3.63) is 23.8 Å². The topological polar surface area (TPSA) is 242 Å². The van der Waals surface area contributed by atoms with Gasteiger partial charge in [-0.3, -0.25) is 0 Å². The van der Waals surface area contributed by atoms with Crippen molar-refractivity contribution in [1.29, 1.82) is 0 Å². The Kier molecular flexibility index (Phi) is 11.7. The van der Waals surface area contributed by atoms with E-state index in [2.05, 4.69) is 20.6 Å². The number of aromatic nitrogens is 6. The zero-order valence-electron chi connectivity index (χ0n) is 26.4. The van der Waals surface area contributed by atoms with Gasteiger partial charge in [0.25, 0.3) is 0 Å². The van der Waals surface area contributed by atoms with Gasteiger partial charge in [0.1, 0.15) is 36.5 Å². The molecule has 0 spiro atoms. The molecule has 0 amide bonds. The minimum absolute atomic E-state index is 0.383. The maximum Gasteiger partial charge on any atom is 0.109 e. The molecule has 2 saturated heterocycles. The van der Waals surface area contributed by atoms with E-state index >= 15 is 0 Å². The van der Waals surface area contributed by atoms with Gasteiger partial charge in [-0.05, 0) is 53.4 Å². The summed E-state index contributed by atoms with van der Waals surface area (Å²) in [5.41, 5.74) is -0.694. The van der Waals surface area contributed by atoms with Crippen molar-refractivity contribution < 1.29 is 50.3 Å². The van der Waals surface area contributed by atoms with E-state index < -0.39 is 85.0 Å². The molecule has 2 aromatic heterocycles. The van der Waals surface area contributed by atoms with Gasteiger partial charge in [0.15, 0.2) is 0 Å². The maximum atomic E-state index is 11.1. The molecule has 0 aromatic carbocycles. The van der Waals surface area contributed by atoms with E-state index in [4.69, 9.17) is 9.47 Å². The SMILES string of the molecule is CC1(C)O[C@@H](CO)[C@@H](O)[C@H](n2cc(CCCCCc3cn([C@@H]4[C@@H](O)[C@H](CO)C(C)(C)O[C@@H](CO)[C@H]4O)nn3)nn2)[C@@H](O)[C@@H]1CO. The van der Waals surface area contributed by atoms with Crippen LogP contribution in [0.15, 0.2) is 12.4 Å².